The third kappa shape index (κ3) is 2.13. The number of hydrogen-bond donors (Lipinski definition) is 1. The van der Waals surface area contributed by atoms with Crippen LogP contribution in [0.15, 0.2) is 24.3 Å². The van der Waals surface area contributed by atoms with Crippen LogP contribution in [0, 0.1) is 5.82 Å². The first-order valence-corrected chi connectivity index (χ1v) is 4.78. The molecule has 0 heterocycles. The van der Waals surface area contributed by atoms with E-state index in [9.17, 15) is 4.39 Å². The minimum atomic E-state index is -0.207. The molecule has 0 radical (unpaired) electrons. The molecule has 0 atom stereocenters. The van der Waals surface area contributed by atoms with Crippen molar-refractivity contribution in [2.45, 2.75) is 26.7 Å². The van der Waals surface area contributed by atoms with Gasteiger partial charge in [-0.1, -0.05) is 19.9 Å². The summed E-state index contributed by atoms with van der Waals surface area (Å²) < 4.78 is 13.0. The number of nitrogens with two attached hydrogens (primary N) is 1. The summed E-state index contributed by atoms with van der Waals surface area (Å²) in [7, 11) is 0. The molecule has 0 amide bonds. The van der Waals surface area contributed by atoms with Crippen LogP contribution in [-0.4, -0.2) is 0 Å². The Hall–Kier alpha value is -1.31. The molecule has 0 bridgehead atoms. The van der Waals surface area contributed by atoms with Gasteiger partial charge in [-0.15, -0.1) is 0 Å². The fraction of sp³-hybridized carbons (Fsp3) is 0.333. The highest BCUT2D eigenvalue weighted by atomic mass is 19.1. The number of hydrogen-bond acceptors (Lipinski definition) is 1. The number of benzene rings is 1. The molecule has 1 aromatic carbocycles. The maximum atomic E-state index is 13.0. The standard InChI is InChI=1S/C12H16FN/c1-4-12(14)10-6-5-9(13)7-11(10)8(2)3/h4-8H,14H2,1-3H3/b12-4-. The molecule has 0 spiro atoms. The largest absolute Gasteiger partial charge is 0.399 e. The van der Waals surface area contributed by atoms with Crippen LogP contribution in [0.2, 0.25) is 0 Å². The van der Waals surface area contributed by atoms with Crippen LogP contribution in [0.3, 0.4) is 0 Å². The Bertz CT molecular complexity index is 353. The Balaban J connectivity index is 3.29. The minimum absolute atomic E-state index is 0.207. The predicted molar refractivity (Wildman–Crippen MR) is 58.3 cm³/mol. The van der Waals surface area contributed by atoms with Crippen LogP contribution in [-0.2, 0) is 0 Å². The molecule has 1 nitrogen and oxygen atoms in total. The summed E-state index contributed by atoms with van der Waals surface area (Å²) in [6, 6.07) is 4.73. The lowest BCUT2D eigenvalue weighted by Crippen LogP contribution is -2.02. The SMILES string of the molecule is C/C=C(\N)c1ccc(F)cc1C(C)C. The van der Waals surface area contributed by atoms with E-state index < -0.39 is 0 Å². The molecular formula is C12H16FN. The first-order chi connectivity index (χ1) is 6.56. The van der Waals surface area contributed by atoms with Gasteiger partial charge in [0.05, 0.1) is 0 Å². The molecule has 0 fully saturated rings. The van der Waals surface area contributed by atoms with Gasteiger partial charge in [-0.05, 0) is 36.6 Å². The molecule has 0 saturated heterocycles. The quantitative estimate of drug-likeness (QED) is 0.766. The summed E-state index contributed by atoms with van der Waals surface area (Å²) in [5.74, 6) is 0.0700. The monoisotopic (exact) mass is 193 g/mol. The third-order valence-corrected chi connectivity index (χ3v) is 2.26. The smallest absolute Gasteiger partial charge is 0.123 e. The normalized spacial score (nSPS) is 12.2. The molecule has 2 N–H and O–H groups in total. The first-order valence-electron chi connectivity index (χ1n) is 4.78. The second-order valence-electron chi connectivity index (χ2n) is 3.63. The van der Waals surface area contributed by atoms with Crippen molar-refractivity contribution in [3.05, 3.63) is 41.2 Å². The molecule has 0 aliphatic heterocycles. The highest BCUT2D eigenvalue weighted by Crippen LogP contribution is 2.24. The van der Waals surface area contributed by atoms with Crippen LogP contribution in [0.4, 0.5) is 4.39 Å². The molecule has 0 unspecified atom stereocenters. The molecule has 0 saturated carbocycles. The van der Waals surface area contributed by atoms with Crippen molar-refractivity contribution in [1.29, 1.82) is 0 Å². The van der Waals surface area contributed by atoms with Crippen molar-refractivity contribution < 1.29 is 4.39 Å². The van der Waals surface area contributed by atoms with E-state index in [-0.39, 0.29) is 11.7 Å². The molecule has 0 aliphatic rings. The van der Waals surface area contributed by atoms with Gasteiger partial charge in [-0.3, -0.25) is 0 Å². The van der Waals surface area contributed by atoms with Gasteiger partial charge >= 0.3 is 0 Å². The molecule has 2 heteroatoms. The Kier molecular flexibility index (Phi) is 3.28. The predicted octanol–water partition coefficient (Wildman–Crippen LogP) is 3.27. The molecule has 1 aromatic rings. The van der Waals surface area contributed by atoms with Crippen LogP contribution < -0.4 is 5.73 Å². The van der Waals surface area contributed by atoms with Gasteiger partial charge in [0, 0.05) is 11.3 Å². The Morgan fingerprint density at radius 3 is 2.57 bits per heavy atom. The average Bonchev–Trinajstić information content (AvgIpc) is 2.16. The van der Waals surface area contributed by atoms with Gasteiger partial charge in [0.1, 0.15) is 5.82 Å². The van der Waals surface area contributed by atoms with Crippen molar-refractivity contribution in [1.82, 2.24) is 0 Å². The summed E-state index contributed by atoms with van der Waals surface area (Å²) in [6.07, 6.45) is 1.83. The maximum Gasteiger partial charge on any atom is 0.123 e. The van der Waals surface area contributed by atoms with E-state index in [2.05, 4.69) is 0 Å². The lowest BCUT2D eigenvalue weighted by molar-refractivity contribution is 0.623. The third-order valence-electron chi connectivity index (χ3n) is 2.26. The van der Waals surface area contributed by atoms with Crippen molar-refractivity contribution in [2.75, 3.05) is 0 Å². The summed E-state index contributed by atoms with van der Waals surface area (Å²) >= 11 is 0. The van der Waals surface area contributed by atoms with E-state index in [4.69, 9.17) is 5.73 Å². The zero-order chi connectivity index (χ0) is 10.7. The average molecular weight is 193 g/mol. The number of halogens is 1. The van der Waals surface area contributed by atoms with Gasteiger partial charge < -0.3 is 5.73 Å². The molecule has 14 heavy (non-hydrogen) atoms. The fourth-order valence-electron chi connectivity index (χ4n) is 1.43. The minimum Gasteiger partial charge on any atom is -0.399 e. The van der Waals surface area contributed by atoms with Crippen LogP contribution >= 0.6 is 0 Å². The van der Waals surface area contributed by atoms with Gasteiger partial charge in [-0.2, -0.15) is 0 Å². The van der Waals surface area contributed by atoms with E-state index in [1.165, 1.54) is 6.07 Å². The lowest BCUT2D eigenvalue weighted by atomic mass is 9.95. The lowest BCUT2D eigenvalue weighted by Gasteiger charge is -2.12. The van der Waals surface area contributed by atoms with Crippen molar-refractivity contribution >= 4 is 5.70 Å². The molecule has 1 rings (SSSR count). The Morgan fingerprint density at radius 1 is 1.43 bits per heavy atom. The molecule has 0 aliphatic carbocycles. The molecular weight excluding hydrogens is 177 g/mol. The summed E-state index contributed by atoms with van der Waals surface area (Å²) in [5.41, 5.74) is 8.42. The van der Waals surface area contributed by atoms with Gasteiger partial charge in [0.15, 0.2) is 0 Å². The van der Waals surface area contributed by atoms with Gasteiger partial charge in [0.25, 0.3) is 0 Å². The zero-order valence-electron chi connectivity index (χ0n) is 8.84. The Labute approximate surface area is 84.4 Å². The highest BCUT2D eigenvalue weighted by molar-refractivity contribution is 5.65. The Morgan fingerprint density at radius 2 is 2.07 bits per heavy atom. The topological polar surface area (TPSA) is 26.0 Å². The zero-order valence-corrected chi connectivity index (χ0v) is 8.84. The second kappa shape index (κ2) is 4.27. The van der Waals surface area contributed by atoms with E-state index in [0.717, 1.165) is 11.1 Å². The van der Waals surface area contributed by atoms with Crippen molar-refractivity contribution in [2.24, 2.45) is 5.73 Å². The molecule has 76 valence electrons. The number of rotatable bonds is 2. The van der Waals surface area contributed by atoms with Crippen LogP contribution in [0.5, 0.6) is 0 Å². The first kappa shape index (κ1) is 10.8. The summed E-state index contributed by atoms with van der Waals surface area (Å²) in [6.45, 7) is 5.94. The second-order valence-corrected chi connectivity index (χ2v) is 3.63. The van der Waals surface area contributed by atoms with Crippen LogP contribution in [0.1, 0.15) is 37.8 Å². The van der Waals surface area contributed by atoms with Gasteiger partial charge in [0.2, 0.25) is 0 Å². The van der Waals surface area contributed by atoms with E-state index in [1.54, 1.807) is 12.1 Å². The van der Waals surface area contributed by atoms with E-state index >= 15 is 0 Å². The van der Waals surface area contributed by atoms with Crippen molar-refractivity contribution in [3.63, 3.8) is 0 Å². The number of allylic oxidation sites excluding steroid dienone is 1. The van der Waals surface area contributed by atoms with E-state index in [0.29, 0.717) is 5.70 Å². The summed E-state index contributed by atoms with van der Waals surface area (Å²) in [5, 5.41) is 0. The summed E-state index contributed by atoms with van der Waals surface area (Å²) in [4.78, 5) is 0. The van der Waals surface area contributed by atoms with Crippen molar-refractivity contribution in [3.8, 4) is 0 Å². The maximum absolute atomic E-state index is 13.0. The van der Waals surface area contributed by atoms with Gasteiger partial charge in [-0.25, -0.2) is 4.39 Å². The molecule has 0 aromatic heterocycles. The highest BCUT2D eigenvalue weighted by Gasteiger charge is 2.09. The van der Waals surface area contributed by atoms with E-state index in [1.807, 2.05) is 26.8 Å². The fourth-order valence-corrected chi connectivity index (χ4v) is 1.43. The van der Waals surface area contributed by atoms with Crippen LogP contribution in [0.25, 0.3) is 5.70 Å².